The normalized spacial score (nSPS) is 12.2. The van der Waals surface area contributed by atoms with Gasteiger partial charge >= 0.3 is 5.97 Å². The number of rotatable bonds is 5. The summed E-state index contributed by atoms with van der Waals surface area (Å²) in [4.78, 5) is 28.8. The topological polar surface area (TPSA) is 68.3 Å². The summed E-state index contributed by atoms with van der Waals surface area (Å²) in [6, 6.07) is 7.38. The van der Waals surface area contributed by atoms with E-state index in [9.17, 15) is 9.59 Å². The first kappa shape index (κ1) is 18.4. The summed E-state index contributed by atoms with van der Waals surface area (Å²) in [5.41, 5.74) is 2.07. The molecular formula is C18H21BrN2O3. The maximum atomic E-state index is 12.6. The second kappa shape index (κ2) is 7.75. The number of pyridine rings is 1. The summed E-state index contributed by atoms with van der Waals surface area (Å²) in [7, 11) is 0. The molecule has 1 aromatic carbocycles. The Morgan fingerprint density at radius 2 is 1.96 bits per heavy atom. The molecule has 6 heteroatoms. The summed E-state index contributed by atoms with van der Waals surface area (Å²) in [6.07, 6.45) is -0.167. The highest BCUT2D eigenvalue weighted by Gasteiger charge is 2.18. The van der Waals surface area contributed by atoms with Gasteiger partial charge in [-0.2, -0.15) is 0 Å². The van der Waals surface area contributed by atoms with Crippen molar-refractivity contribution in [1.29, 1.82) is 0 Å². The van der Waals surface area contributed by atoms with Crippen LogP contribution in [0.4, 0.5) is 0 Å². The minimum Gasteiger partial charge on any atom is -0.463 e. The third kappa shape index (κ3) is 4.54. The number of carbonyl (C=O) groups is 2. The molecule has 5 nitrogen and oxygen atoms in total. The maximum absolute atomic E-state index is 12.6. The largest absolute Gasteiger partial charge is 0.463 e. The van der Waals surface area contributed by atoms with E-state index in [4.69, 9.17) is 4.74 Å². The van der Waals surface area contributed by atoms with E-state index < -0.39 is 5.92 Å². The van der Waals surface area contributed by atoms with E-state index in [1.54, 1.807) is 26.8 Å². The number of ether oxygens (including phenoxy) is 1. The van der Waals surface area contributed by atoms with Crippen LogP contribution in [-0.4, -0.2) is 29.5 Å². The van der Waals surface area contributed by atoms with Gasteiger partial charge in [0.15, 0.2) is 0 Å². The lowest BCUT2D eigenvalue weighted by Gasteiger charge is -2.15. The van der Waals surface area contributed by atoms with E-state index in [2.05, 4.69) is 26.2 Å². The van der Waals surface area contributed by atoms with Crippen LogP contribution in [-0.2, 0) is 9.53 Å². The predicted octanol–water partition coefficient (Wildman–Crippen LogP) is 3.62. The predicted molar refractivity (Wildman–Crippen MR) is 96.9 cm³/mol. The van der Waals surface area contributed by atoms with Crippen LogP contribution < -0.4 is 5.32 Å². The Morgan fingerprint density at radius 1 is 1.25 bits per heavy atom. The first-order chi connectivity index (χ1) is 11.3. The van der Waals surface area contributed by atoms with Gasteiger partial charge in [0.25, 0.3) is 5.91 Å². The molecule has 0 aliphatic rings. The van der Waals surface area contributed by atoms with E-state index >= 15 is 0 Å². The monoisotopic (exact) mass is 392 g/mol. The molecule has 0 aliphatic carbocycles. The Balaban J connectivity index is 2.17. The molecule has 2 rings (SSSR count). The summed E-state index contributed by atoms with van der Waals surface area (Å²) in [5.74, 6) is -0.950. The van der Waals surface area contributed by atoms with Gasteiger partial charge in [0.2, 0.25) is 0 Å². The summed E-state index contributed by atoms with van der Waals surface area (Å²) < 4.78 is 6.03. The Bertz CT molecular complexity index is 774. The minimum atomic E-state index is -0.405. The molecule has 1 atom stereocenters. The third-order valence-corrected chi connectivity index (χ3v) is 3.96. The fourth-order valence-corrected chi connectivity index (χ4v) is 2.65. The molecule has 0 saturated carbocycles. The number of fused-ring (bicyclic) bond motifs is 1. The fraction of sp³-hybridized carbons (Fsp3) is 0.389. The van der Waals surface area contributed by atoms with Gasteiger partial charge in [-0.1, -0.05) is 22.9 Å². The molecule has 0 bridgehead atoms. The molecule has 0 spiro atoms. The lowest BCUT2D eigenvalue weighted by Crippen LogP contribution is -2.33. The highest BCUT2D eigenvalue weighted by atomic mass is 79.9. The number of aryl methyl sites for hydroxylation is 1. The van der Waals surface area contributed by atoms with Gasteiger partial charge in [-0.25, -0.2) is 0 Å². The average Bonchev–Trinajstić information content (AvgIpc) is 2.51. The van der Waals surface area contributed by atoms with Gasteiger partial charge in [0.05, 0.1) is 23.1 Å². The van der Waals surface area contributed by atoms with E-state index in [0.717, 1.165) is 21.1 Å². The maximum Gasteiger partial charge on any atom is 0.310 e. The van der Waals surface area contributed by atoms with Gasteiger partial charge < -0.3 is 10.1 Å². The Morgan fingerprint density at radius 3 is 2.62 bits per heavy atom. The van der Waals surface area contributed by atoms with Crippen molar-refractivity contribution in [2.24, 2.45) is 5.92 Å². The van der Waals surface area contributed by atoms with Crippen molar-refractivity contribution in [2.45, 2.75) is 33.8 Å². The van der Waals surface area contributed by atoms with E-state index in [1.165, 1.54) is 0 Å². The minimum absolute atomic E-state index is 0.167. The molecule has 1 amide bonds. The zero-order chi connectivity index (χ0) is 17.9. The van der Waals surface area contributed by atoms with Gasteiger partial charge in [-0.3, -0.25) is 14.6 Å². The molecule has 0 fully saturated rings. The molecule has 1 unspecified atom stereocenters. The number of hydrogen-bond donors (Lipinski definition) is 1. The zero-order valence-electron chi connectivity index (χ0n) is 14.2. The number of hydrogen-bond acceptors (Lipinski definition) is 4. The average molecular weight is 393 g/mol. The summed E-state index contributed by atoms with van der Waals surface area (Å²) in [5, 5.41) is 3.58. The fourth-order valence-electron chi connectivity index (χ4n) is 2.29. The quantitative estimate of drug-likeness (QED) is 0.788. The molecule has 2 aromatic rings. The van der Waals surface area contributed by atoms with Crippen molar-refractivity contribution in [3.05, 3.63) is 40.0 Å². The molecule has 1 N–H and O–H groups in total. The van der Waals surface area contributed by atoms with Crippen LogP contribution in [0.3, 0.4) is 0 Å². The van der Waals surface area contributed by atoms with Crippen LogP contribution in [0.25, 0.3) is 10.9 Å². The highest BCUT2D eigenvalue weighted by Crippen LogP contribution is 2.22. The van der Waals surface area contributed by atoms with Crippen molar-refractivity contribution in [3.63, 3.8) is 0 Å². The Hall–Kier alpha value is -1.95. The van der Waals surface area contributed by atoms with Gasteiger partial charge in [-0.05, 0) is 45.0 Å². The smallest absolute Gasteiger partial charge is 0.310 e. The van der Waals surface area contributed by atoms with Crippen molar-refractivity contribution in [2.75, 3.05) is 6.54 Å². The number of halogens is 1. The lowest BCUT2D eigenvalue weighted by atomic mass is 10.1. The first-order valence-electron chi connectivity index (χ1n) is 7.83. The Kier molecular flexibility index (Phi) is 5.94. The van der Waals surface area contributed by atoms with Crippen LogP contribution in [0.1, 0.15) is 36.8 Å². The Labute approximate surface area is 149 Å². The highest BCUT2D eigenvalue weighted by molar-refractivity contribution is 9.10. The van der Waals surface area contributed by atoms with E-state index in [-0.39, 0.29) is 24.5 Å². The van der Waals surface area contributed by atoms with Crippen LogP contribution in [0.2, 0.25) is 0 Å². The molecule has 24 heavy (non-hydrogen) atoms. The van der Waals surface area contributed by atoms with Crippen molar-refractivity contribution < 1.29 is 14.3 Å². The molecule has 1 heterocycles. The third-order valence-electron chi connectivity index (χ3n) is 3.47. The zero-order valence-corrected chi connectivity index (χ0v) is 15.8. The second-order valence-electron chi connectivity index (χ2n) is 6.07. The second-order valence-corrected chi connectivity index (χ2v) is 6.99. The van der Waals surface area contributed by atoms with Gasteiger partial charge in [0, 0.05) is 22.1 Å². The van der Waals surface area contributed by atoms with Crippen LogP contribution in [0.5, 0.6) is 0 Å². The number of nitrogens with zero attached hydrogens (tertiary/aromatic N) is 1. The van der Waals surface area contributed by atoms with Crippen molar-refractivity contribution >= 4 is 38.7 Å². The van der Waals surface area contributed by atoms with Crippen LogP contribution in [0.15, 0.2) is 28.7 Å². The van der Waals surface area contributed by atoms with Crippen molar-refractivity contribution in [1.82, 2.24) is 10.3 Å². The molecule has 0 saturated heterocycles. The molecule has 0 aliphatic heterocycles. The lowest BCUT2D eigenvalue weighted by molar-refractivity contribution is -0.151. The van der Waals surface area contributed by atoms with Crippen molar-refractivity contribution in [3.8, 4) is 0 Å². The summed E-state index contributed by atoms with van der Waals surface area (Å²) in [6.45, 7) is 7.40. The molecule has 0 radical (unpaired) electrons. The first-order valence-corrected chi connectivity index (χ1v) is 8.63. The number of nitrogens with one attached hydrogen (secondary N) is 1. The number of aromatic nitrogens is 1. The number of esters is 1. The van der Waals surface area contributed by atoms with Crippen LogP contribution >= 0.6 is 15.9 Å². The molecule has 128 valence electrons. The molecule has 1 aromatic heterocycles. The molecular weight excluding hydrogens is 372 g/mol. The number of carbonyl (C=O) groups excluding carboxylic acids is 2. The number of benzene rings is 1. The standard InChI is InChI=1S/C18H21BrN2O3/c1-10(2)24-18(23)11(3)9-20-17(22)15-7-12(4)21-16-6-5-13(19)8-14(15)16/h5-8,10-11H,9H2,1-4H3,(H,20,22). The van der Waals surface area contributed by atoms with Crippen LogP contribution in [0, 0.1) is 12.8 Å². The van der Waals surface area contributed by atoms with E-state index in [1.807, 2.05) is 25.1 Å². The summed E-state index contributed by atoms with van der Waals surface area (Å²) >= 11 is 3.42. The number of amides is 1. The SMILES string of the molecule is Cc1cc(C(=O)NCC(C)C(=O)OC(C)C)c2cc(Br)ccc2n1. The van der Waals surface area contributed by atoms with Gasteiger partial charge in [0.1, 0.15) is 0 Å². The van der Waals surface area contributed by atoms with E-state index in [0.29, 0.717) is 5.56 Å². The van der Waals surface area contributed by atoms with Gasteiger partial charge in [-0.15, -0.1) is 0 Å².